The molecule has 2 aromatic rings. The molecule has 1 aliphatic heterocycles. The molecule has 3 rings (SSSR count). The molecule has 3 heterocycles. The van der Waals surface area contributed by atoms with Gasteiger partial charge in [-0.05, 0) is 37.6 Å². The predicted molar refractivity (Wildman–Crippen MR) is 82.7 cm³/mol. The summed E-state index contributed by atoms with van der Waals surface area (Å²) in [5.74, 6) is 0.384. The fourth-order valence-electron chi connectivity index (χ4n) is 2.42. The molecule has 2 amide bonds. The summed E-state index contributed by atoms with van der Waals surface area (Å²) in [5.41, 5.74) is 0.237. The molecule has 1 atom stereocenters. The normalized spacial score (nSPS) is 18.6. The van der Waals surface area contributed by atoms with Crippen molar-refractivity contribution in [1.29, 1.82) is 0 Å². The third-order valence-electron chi connectivity index (χ3n) is 3.58. The van der Waals surface area contributed by atoms with Crippen LogP contribution in [0.15, 0.2) is 21.9 Å². The summed E-state index contributed by atoms with van der Waals surface area (Å²) in [6, 6.07) is 3.28. The van der Waals surface area contributed by atoms with Crippen LogP contribution in [0.3, 0.4) is 0 Å². The van der Waals surface area contributed by atoms with Crippen LogP contribution in [0.5, 0.6) is 0 Å². The fourth-order valence-corrected chi connectivity index (χ4v) is 3.07. The van der Waals surface area contributed by atoms with Gasteiger partial charge in [0.1, 0.15) is 11.8 Å². The number of hydrogen-bond acceptors (Lipinski definition) is 5. The zero-order valence-corrected chi connectivity index (χ0v) is 13.0. The molecule has 1 aliphatic rings. The highest BCUT2D eigenvalue weighted by Gasteiger charge is 2.26. The van der Waals surface area contributed by atoms with Crippen molar-refractivity contribution in [2.24, 2.45) is 0 Å². The molecule has 2 N–H and O–H groups in total. The summed E-state index contributed by atoms with van der Waals surface area (Å²) in [5, 5.41) is 7.47. The Morgan fingerprint density at radius 1 is 1.50 bits per heavy atom. The highest BCUT2D eigenvalue weighted by molar-refractivity contribution is 7.13. The predicted octanol–water partition coefficient (Wildman–Crippen LogP) is 2.11. The van der Waals surface area contributed by atoms with E-state index in [1.54, 1.807) is 6.92 Å². The summed E-state index contributed by atoms with van der Waals surface area (Å²) < 4.78 is 5.56. The van der Waals surface area contributed by atoms with Crippen molar-refractivity contribution >= 4 is 23.2 Å². The maximum Gasteiger partial charge on any atom is 0.274 e. The quantitative estimate of drug-likeness (QED) is 0.907. The molecule has 2 aromatic heterocycles. The van der Waals surface area contributed by atoms with Gasteiger partial charge >= 0.3 is 0 Å². The van der Waals surface area contributed by atoms with E-state index in [1.165, 1.54) is 11.3 Å². The van der Waals surface area contributed by atoms with Gasteiger partial charge in [-0.2, -0.15) is 0 Å². The smallest absolute Gasteiger partial charge is 0.274 e. The molecule has 0 spiro atoms. The van der Waals surface area contributed by atoms with Crippen molar-refractivity contribution in [2.75, 3.05) is 6.54 Å². The number of thiophene rings is 1. The number of hydrogen-bond donors (Lipinski definition) is 2. The minimum Gasteiger partial charge on any atom is -0.440 e. The van der Waals surface area contributed by atoms with Gasteiger partial charge in [0, 0.05) is 6.54 Å². The van der Waals surface area contributed by atoms with Gasteiger partial charge in [0.2, 0.25) is 11.8 Å². The van der Waals surface area contributed by atoms with Gasteiger partial charge in [-0.3, -0.25) is 9.59 Å². The van der Waals surface area contributed by atoms with E-state index in [4.69, 9.17) is 4.42 Å². The SMILES string of the molecule is Cc1oc(-c2cccs2)nc1C(=O)NC1CCCCNC1=O. The third kappa shape index (κ3) is 3.04. The average molecular weight is 319 g/mol. The number of oxazole rings is 1. The maximum absolute atomic E-state index is 12.4. The van der Waals surface area contributed by atoms with Crippen LogP contribution in [0, 0.1) is 6.92 Å². The number of aromatic nitrogens is 1. The van der Waals surface area contributed by atoms with Gasteiger partial charge in [-0.1, -0.05) is 6.07 Å². The monoisotopic (exact) mass is 319 g/mol. The maximum atomic E-state index is 12.4. The second kappa shape index (κ2) is 6.31. The highest BCUT2D eigenvalue weighted by Crippen LogP contribution is 2.25. The molecular weight excluding hydrogens is 302 g/mol. The number of rotatable bonds is 3. The zero-order chi connectivity index (χ0) is 15.5. The first kappa shape index (κ1) is 14.8. The van der Waals surface area contributed by atoms with Crippen LogP contribution in [0.25, 0.3) is 10.8 Å². The second-order valence-corrected chi connectivity index (χ2v) is 6.16. The molecule has 6 nitrogen and oxygen atoms in total. The number of amides is 2. The lowest BCUT2D eigenvalue weighted by Gasteiger charge is -2.14. The van der Waals surface area contributed by atoms with Crippen molar-refractivity contribution in [1.82, 2.24) is 15.6 Å². The van der Waals surface area contributed by atoms with Gasteiger partial charge in [-0.25, -0.2) is 4.98 Å². The number of carbonyl (C=O) groups excluding carboxylic acids is 2. The first-order chi connectivity index (χ1) is 10.6. The van der Waals surface area contributed by atoms with Gasteiger partial charge in [0.25, 0.3) is 5.91 Å². The summed E-state index contributed by atoms with van der Waals surface area (Å²) in [6.45, 7) is 2.36. The molecule has 0 saturated carbocycles. The van der Waals surface area contributed by atoms with E-state index in [0.717, 1.165) is 17.7 Å². The minimum atomic E-state index is -0.503. The zero-order valence-electron chi connectivity index (χ0n) is 12.2. The number of carbonyl (C=O) groups is 2. The van der Waals surface area contributed by atoms with E-state index in [9.17, 15) is 9.59 Å². The summed E-state index contributed by atoms with van der Waals surface area (Å²) in [6.07, 6.45) is 2.48. The van der Waals surface area contributed by atoms with E-state index in [2.05, 4.69) is 15.6 Å². The van der Waals surface area contributed by atoms with Crippen LogP contribution in [-0.2, 0) is 4.79 Å². The van der Waals surface area contributed by atoms with Crippen molar-refractivity contribution in [3.8, 4) is 10.8 Å². The molecule has 0 aliphatic carbocycles. The molecular formula is C15H17N3O3S. The topological polar surface area (TPSA) is 84.2 Å². The Labute approximate surface area is 131 Å². The summed E-state index contributed by atoms with van der Waals surface area (Å²) >= 11 is 1.50. The lowest BCUT2D eigenvalue weighted by atomic mass is 10.1. The van der Waals surface area contributed by atoms with Crippen LogP contribution in [0.1, 0.15) is 35.5 Å². The Hall–Kier alpha value is -2.15. The van der Waals surface area contributed by atoms with E-state index >= 15 is 0 Å². The van der Waals surface area contributed by atoms with Crippen LogP contribution in [0.2, 0.25) is 0 Å². The fraction of sp³-hybridized carbons (Fsp3) is 0.400. The van der Waals surface area contributed by atoms with Gasteiger partial charge in [0.15, 0.2) is 5.69 Å². The second-order valence-electron chi connectivity index (χ2n) is 5.21. The number of nitrogens with one attached hydrogen (secondary N) is 2. The summed E-state index contributed by atoms with van der Waals surface area (Å²) in [7, 11) is 0. The molecule has 7 heteroatoms. The van der Waals surface area contributed by atoms with Crippen molar-refractivity contribution in [2.45, 2.75) is 32.2 Å². The largest absolute Gasteiger partial charge is 0.440 e. The van der Waals surface area contributed by atoms with E-state index in [0.29, 0.717) is 24.6 Å². The van der Waals surface area contributed by atoms with Gasteiger partial charge in [0.05, 0.1) is 4.88 Å². The Bertz CT molecular complexity index is 678. The lowest BCUT2D eigenvalue weighted by Crippen LogP contribution is -2.45. The number of nitrogens with zero attached hydrogens (tertiary/aromatic N) is 1. The van der Waals surface area contributed by atoms with Crippen LogP contribution in [0.4, 0.5) is 0 Å². The van der Waals surface area contributed by atoms with Crippen molar-refractivity contribution in [3.63, 3.8) is 0 Å². The Balaban J connectivity index is 1.76. The molecule has 1 unspecified atom stereocenters. The standard InChI is InChI=1S/C15H17N3O3S/c1-9-12(18-15(21-9)11-6-4-8-22-11)14(20)17-10-5-2-3-7-16-13(10)19/h4,6,8,10H,2-3,5,7H2,1H3,(H,16,19)(H,17,20). The minimum absolute atomic E-state index is 0.134. The molecule has 0 radical (unpaired) electrons. The van der Waals surface area contributed by atoms with E-state index in [-0.39, 0.29) is 17.5 Å². The first-order valence-electron chi connectivity index (χ1n) is 7.25. The third-order valence-corrected chi connectivity index (χ3v) is 4.44. The van der Waals surface area contributed by atoms with Crippen molar-refractivity contribution < 1.29 is 14.0 Å². The first-order valence-corrected chi connectivity index (χ1v) is 8.13. The van der Waals surface area contributed by atoms with Crippen molar-refractivity contribution in [3.05, 3.63) is 29.0 Å². The molecule has 116 valence electrons. The Kier molecular flexibility index (Phi) is 4.24. The van der Waals surface area contributed by atoms with Gasteiger partial charge in [-0.15, -0.1) is 11.3 Å². The number of aryl methyl sites for hydroxylation is 1. The van der Waals surface area contributed by atoms with E-state index in [1.807, 2.05) is 17.5 Å². The molecule has 1 saturated heterocycles. The van der Waals surface area contributed by atoms with E-state index < -0.39 is 6.04 Å². The Morgan fingerprint density at radius 2 is 2.36 bits per heavy atom. The van der Waals surface area contributed by atoms with Crippen LogP contribution >= 0.6 is 11.3 Å². The molecule has 22 heavy (non-hydrogen) atoms. The lowest BCUT2D eigenvalue weighted by molar-refractivity contribution is -0.122. The molecule has 0 aromatic carbocycles. The Morgan fingerprint density at radius 3 is 3.14 bits per heavy atom. The highest BCUT2D eigenvalue weighted by atomic mass is 32.1. The average Bonchev–Trinajstić information content (AvgIpc) is 3.10. The van der Waals surface area contributed by atoms with Crippen LogP contribution < -0.4 is 10.6 Å². The molecule has 0 bridgehead atoms. The summed E-state index contributed by atoms with van der Waals surface area (Å²) in [4.78, 5) is 29.4. The van der Waals surface area contributed by atoms with Gasteiger partial charge < -0.3 is 15.1 Å². The molecule has 1 fully saturated rings. The van der Waals surface area contributed by atoms with Crippen LogP contribution in [-0.4, -0.2) is 29.4 Å².